The molecule has 2 N–H and O–H groups in total. The largest absolute Gasteiger partial charge is 0.508 e. The maximum atomic E-state index is 12.3. The molecule has 138 valence electrons. The fraction of sp³-hybridized carbons (Fsp3) is 0.100. The molecular formula is C20H16ClNO4S. The quantitative estimate of drug-likeness (QED) is 0.685. The van der Waals surface area contributed by atoms with E-state index in [9.17, 15) is 15.0 Å². The van der Waals surface area contributed by atoms with E-state index in [4.69, 9.17) is 16.3 Å². The zero-order chi connectivity index (χ0) is 19.4. The summed E-state index contributed by atoms with van der Waals surface area (Å²) in [6.07, 6.45) is 1.67. The number of aliphatic hydroxyl groups is 1. The van der Waals surface area contributed by atoms with E-state index in [1.54, 1.807) is 61.5 Å². The van der Waals surface area contributed by atoms with E-state index in [0.717, 1.165) is 11.8 Å². The molecule has 2 aromatic rings. The predicted octanol–water partition coefficient (Wildman–Crippen LogP) is 5.24. The molecule has 0 spiro atoms. The Labute approximate surface area is 165 Å². The van der Waals surface area contributed by atoms with Gasteiger partial charge in [-0.05, 0) is 55.0 Å². The Hall–Kier alpha value is -2.70. The number of benzene rings is 2. The van der Waals surface area contributed by atoms with Crippen LogP contribution < -0.4 is 0 Å². The van der Waals surface area contributed by atoms with E-state index >= 15 is 0 Å². The molecule has 0 aliphatic carbocycles. The van der Waals surface area contributed by atoms with Crippen LogP contribution in [0.3, 0.4) is 0 Å². The highest BCUT2D eigenvalue weighted by molar-refractivity contribution is 8.18. The number of phenols is 1. The third-order valence-electron chi connectivity index (χ3n) is 3.60. The van der Waals surface area contributed by atoms with Gasteiger partial charge in [0.15, 0.2) is 0 Å². The van der Waals surface area contributed by atoms with Gasteiger partial charge in [0, 0.05) is 5.02 Å². The van der Waals surface area contributed by atoms with Crippen LogP contribution in [0.25, 0.3) is 6.08 Å². The summed E-state index contributed by atoms with van der Waals surface area (Å²) in [4.78, 5) is 17.2. The summed E-state index contributed by atoms with van der Waals surface area (Å²) in [6.45, 7) is 1.87. The first kappa shape index (κ1) is 19.1. The highest BCUT2D eigenvalue weighted by atomic mass is 35.5. The standard InChI is InChI=1S/C20H16ClNO4S/c1-2-26-20(25)17-18(24)16(11-12-4-3-5-15(23)10-12)27-19(17)22-14-8-6-13(21)7-9-14/h3-11,23-24H,2H2,1H3/b16-11+,22-19?. The van der Waals surface area contributed by atoms with Gasteiger partial charge in [0.2, 0.25) is 0 Å². The molecule has 0 atom stereocenters. The van der Waals surface area contributed by atoms with Crippen molar-refractivity contribution in [3.8, 4) is 5.75 Å². The SMILES string of the molecule is CCOC(=O)C1=C(O)/C(=C\c2cccc(O)c2)SC1=Nc1ccc(Cl)cc1. The van der Waals surface area contributed by atoms with Crippen LogP contribution in [-0.4, -0.2) is 27.8 Å². The van der Waals surface area contributed by atoms with Crippen molar-refractivity contribution in [3.05, 3.63) is 75.4 Å². The number of phenolic OH excluding ortho intramolecular Hbond substituents is 1. The molecule has 1 aliphatic heterocycles. The number of halogens is 1. The number of hydrogen-bond donors (Lipinski definition) is 2. The summed E-state index contributed by atoms with van der Waals surface area (Å²) in [5.41, 5.74) is 1.29. The van der Waals surface area contributed by atoms with Gasteiger partial charge >= 0.3 is 5.97 Å². The first-order valence-electron chi connectivity index (χ1n) is 8.12. The van der Waals surface area contributed by atoms with Gasteiger partial charge < -0.3 is 14.9 Å². The normalized spacial score (nSPS) is 17.0. The smallest absolute Gasteiger partial charge is 0.344 e. The second-order valence-corrected chi connectivity index (χ2v) is 7.01. The molecule has 0 bridgehead atoms. The van der Waals surface area contributed by atoms with Crippen molar-refractivity contribution in [2.45, 2.75) is 6.92 Å². The fourth-order valence-corrected chi connectivity index (χ4v) is 3.55. The van der Waals surface area contributed by atoms with Gasteiger partial charge in [-0.1, -0.05) is 35.5 Å². The molecule has 0 unspecified atom stereocenters. The average molecular weight is 402 g/mol. The number of aliphatic hydroxyl groups excluding tert-OH is 1. The maximum Gasteiger partial charge on any atom is 0.344 e. The molecule has 5 nitrogen and oxygen atoms in total. The number of aromatic hydroxyl groups is 1. The molecule has 0 saturated heterocycles. The Balaban J connectivity index is 2.03. The number of aliphatic imine (C=N–C) groups is 1. The van der Waals surface area contributed by atoms with Crippen molar-refractivity contribution in [2.24, 2.45) is 4.99 Å². The molecule has 27 heavy (non-hydrogen) atoms. The number of carbonyl (C=O) groups is 1. The van der Waals surface area contributed by atoms with Crippen LogP contribution in [0.15, 0.2) is 69.8 Å². The van der Waals surface area contributed by atoms with E-state index in [2.05, 4.69) is 4.99 Å². The van der Waals surface area contributed by atoms with Crippen molar-refractivity contribution in [2.75, 3.05) is 6.61 Å². The number of rotatable bonds is 4. The van der Waals surface area contributed by atoms with Crippen molar-refractivity contribution >= 4 is 46.1 Å². The molecule has 0 saturated carbocycles. The van der Waals surface area contributed by atoms with Crippen molar-refractivity contribution in [3.63, 3.8) is 0 Å². The van der Waals surface area contributed by atoms with Crippen molar-refractivity contribution < 1.29 is 19.7 Å². The van der Waals surface area contributed by atoms with E-state index in [0.29, 0.717) is 26.2 Å². The second-order valence-electron chi connectivity index (χ2n) is 5.54. The Kier molecular flexibility index (Phi) is 5.88. The molecule has 1 aliphatic rings. The molecule has 0 aromatic heterocycles. The predicted molar refractivity (Wildman–Crippen MR) is 109 cm³/mol. The van der Waals surface area contributed by atoms with Gasteiger partial charge in [-0.3, -0.25) is 0 Å². The van der Waals surface area contributed by atoms with E-state index < -0.39 is 5.97 Å². The Morgan fingerprint density at radius 1 is 1.22 bits per heavy atom. The highest BCUT2D eigenvalue weighted by Gasteiger charge is 2.33. The van der Waals surface area contributed by atoms with Gasteiger partial charge in [0.05, 0.1) is 17.2 Å². The molecule has 3 rings (SSSR count). The minimum absolute atomic E-state index is 0.0169. The molecule has 1 heterocycles. The maximum absolute atomic E-state index is 12.3. The van der Waals surface area contributed by atoms with Crippen LogP contribution in [0.4, 0.5) is 5.69 Å². The van der Waals surface area contributed by atoms with Gasteiger partial charge in [0.1, 0.15) is 22.1 Å². The Morgan fingerprint density at radius 2 is 1.96 bits per heavy atom. The van der Waals surface area contributed by atoms with Crippen LogP contribution in [0.5, 0.6) is 5.75 Å². The Morgan fingerprint density at radius 3 is 2.63 bits per heavy atom. The number of esters is 1. The van der Waals surface area contributed by atoms with E-state index in [1.165, 1.54) is 0 Å². The van der Waals surface area contributed by atoms with Crippen LogP contribution in [0, 0.1) is 0 Å². The number of carbonyl (C=O) groups excluding carboxylic acids is 1. The molecule has 0 radical (unpaired) electrons. The highest BCUT2D eigenvalue weighted by Crippen LogP contribution is 2.40. The second kappa shape index (κ2) is 8.33. The monoisotopic (exact) mass is 401 g/mol. The third-order valence-corrected chi connectivity index (χ3v) is 4.87. The fourth-order valence-electron chi connectivity index (χ4n) is 2.39. The first-order chi connectivity index (χ1) is 13.0. The van der Waals surface area contributed by atoms with Gasteiger partial charge in [-0.15, -0.1) is 0 Å². The van der Waals surface area contributed by atoms with Gasteiger partial charge in [-0.25, -0.2) is 9.79 Å². The number of ether oxygens (including phenoxy) is 1. The summed E-state index contributed by atoms with van der Waals surface area (Å²) in [5, 5.41) is 21.1. The van der Waals surface area contributed by atoms with Gasteiger partial charge in [0.25, 0.3) is 0 Å². The van der Waals surface area contributed by atoms with Crippen LogP contribution in [0.2, 0.25) is 5.02 Å². The Bertz CT molecular complexity index is 964. The minimum atomic E-state index is -0.644. The van der Waals surface area contributed by atoms with Crippen LogP contribution in [-0.2, 0) is 9.53 Å². The lowest BCUT2D eigenvalue weighted by Gasteiger charge is -2.03. The molecule has 0 fully saturated rings. The first-order valence-corrected chi connectivity index (χ1v) is 9.31. The lowest BCUT2D eigenvalue weighted by atomic mass is 10.1. The summed E-state index contributed by atoms with van der Waals surface area (Å²) < 4.78 is 5.06. The molecule has 0 amide bonds. The molecular weight excluding hydrogens is 386 g/mol. The number of nitrogens with zero attached hydrogens (tertiary/aromatic N) is 1. The zero-order valence-electron chi connectivity index (χ0n) is 14.3. The summed E-state index contributed by atoms with van der Waals surface area (Å²) in [7, 11) is 0. The van der Waals surface area contributed by atoms with Crippen molar-refractivity contribution in [1.82, 2.24) is 0 Å². The third kappa shape index (κ3) is 4.53. The summed E-state index contributed by atoms with van der Waals surface area (Å²) >= 11 is 7.04. The lowest BCUT2D eigenvalue weighted by Crippen LogP contribution is -2.12. The number of thioether (sulfide) groups is 1. The average Bonchev–Trinajstić information content (AvgIpc) is 2.92. The lowest BCUT2D eigenvalue weighted by molar-refractivity contribution is -0.138. The summed E-state index contributed by atoms with van der Waals surface area (Å²) in [5.74, 6) is -0.736. The van der Waals surface area contributed by atoms with Crippen molar-refractivity contribution in [1.29, 1.82) is 0 Å². The van der Waals surface area contributed by atoms with Crippen LogP contribution >= 0.6 is 23.4 Å². The topological polar surface area (TPSA) is 79.1 Å². The zero-order valence-corrected chi connectivity index (χ0v) is 15.9. The number of hydrogen-bond acceptors (Lipinski definition) is 6. The van der Waals surface area contributed by atoms with Crippen LogP contribution in [0.1, 0.15) is 12.5 Å². The van der Waals surface area contributed by atoms with Gasteiger partial charge in [-0.2, -0.15) is 0 Å². The molecule has 2 aromatic carbocycles. The molecule has 7 heteroatoms. The summed E-state index contributed by atoms with van der Waals surface area (Å²) in [6, 6.07) is 13.4. The van der Waals surface area contributed by atoms with E-state index in [-0.39, 0.29) is 23.7 Å². The minimum Gasteiger partial charge on any atom is -0.508 e. The van der Waals surface area contributed by atoms with E-state index in [1.807, 2.05) is 0 Å².